The van der Waals surface area contributed by atoms with E-state index in [-0.39, 0.29) is 25.5 Å². The van der Waals surface area contributed by atoms with E-state index in [9.17, 15) is 9.59 Å². The van der Waals surface area contributed by atoms with Crippen LogP contribution in [0.4, 0.5) is 0 Å². The molecule has 1 aromatic carbocycles. The largest absolute Gasteiger partial charge is 0.493 e. The number of hydrogen-bond donors (Lipinski definition) is 1. The van der Waals surface area contributed by atoms with Gasteiger partial charge >= 0.3 is 5.97 Å². The molecule has 25 heavy (non-hydrogen) atoms. The molecular weight excluding hydrogens is 326 g/mol. The van der Waals surface area contributed by atoms with Crippen LogP contribution in [0, 0.1) is 5.92 Å². The fourth-order valence-electron chi connectivity index (χ4n) is 2.50. The van der Waals surface area contributed by atoms with Gasteiger partial charge in [-0.25, -0.2) is 0 Å². The van der Waals surface area contributed by atoms with Crippen LogP contribution in [0.15, 0.2) is 24.3 Å². The maximum atomic E-state index is 12.4. The van der Waals surface area contributed by atoms with Gasteiger partial charge in [0.15, 0.2) is 6.61 Å². The zero-order valence-electron chi connectivity index (χ0n) is 14.6. The van der Waals surface area contributed by atoms with Crippen molar-refractivity contribution in [1.29, 1.82) is 0 Å². The Morgan fingerprint density at radius 2 is 2.04 bits per heavy atom. The first-order valence-electron chi connectivity index (χ1n) is 8.40. The number of benzene rings is 1. The lowest BCUT2D eigenvalue weighted by molar-refractivity contribution is -0.147. The first kappa shape index (κ1) is 19.1. The zero-order valence-corrected chi connectivity index (χ0v) is 14.6. The maximum Gasteiger partial charge on any atom is 0.305 e. The number of carboxylic acid groups (broad SMARTS) is 1. The standard InChI is InChI=1S/C18H25NO6/c1-13(2)10-24-15-4-3-5-16(9-15)25-12-17(20)19-6-7-23-11-14(19)8-18(21)22/h3-5,9,13-14H,6-8,10-12H2,1-2H3,(H,21,22). The van der Waals surface area contributed by atoms with Crippen molar-refractivity contribution in [1.82, 2.24) is 4.90 Å². The van der Waals surface area contributed by atoms with Gasteiger partial charge in [0.2, 0.25) is 0 Å². The SMILES string of the molecule is CC(C)COc1cccc(OCC(=O)N2CCOCC2CC(=O)O)c1. The van der Waals surface area contributed by atoms with Crippen molar-refractivity contribution in [3.63, 3.8) is 0 Å². The lowest BCUT2D eigenvalue weighted by Crippen LogP contribution is -2.51. The molecule has 0 bridgehead atoms. The van der Waals surface area contributed by atoms with E-state index in [4.69, 9.17) is 19.3 Å². The fourth-order valence-corrected chi connectivity index (χ4v) is 2.50. The third-order valence-corrected chi connectivity index (χ3v) is 3.71. The molecule has 2 rings (SSSR count). The molecule has 0 spiro atoms. The third kappa shape index (κ3) is 6.26. The molecule has 1 heterocycles. The Bertz CT molecular complexity index is 589. The Hall–Kier alpha value is -2.28. The molecule has 1 atom stereocenters. The number of rotatable bonds is 8. The minimum absolute atomic E-state index is 0.135. The summed E-state index contributed by atoms with van der Waals surface area (Å²) in [5.41, 5.74) is 0. The van der Waals surface area contributed by atoms with Gasteiger partial charge in [-0.05, 0) is 18.1 Å². The van der Waals surface area contributed by atoms with E-state index in [1.807, 2.05) is 6.07 Å². The van der Waals surface area contributed by atoms with Crippen LogP contribution in [0.3, 0.4) is 0 Å². The second-order valence-corrected chi connectivity index (χ2v) is 6.38. The number of hydrogen-bond acceptors (Lipinski definition) is 5. The van der Waals surface area contributed by atoms with E-state index < -0.39 is 12.0 Å². The number of aliphatic carboxylic acids is 1. The number of amides is 1. The molecular formula is C18H25NO6. The smallest absolute Gasteiger partial charge is 0.305 e. The lowest BCUT2D eigenvalue weighted by atomic mass is 10.1. The molecule has 0 saturated carbocycles. The maximum absolute atomic E-state index is 12.4. The number of carbonyl (C=O) groups is 2. The van der Waals surface area contributed by atoms with Crippen LogP contribution in [-0.4, -0.2) is 60.9 Å². The van der Waals surface area contributed by atoms with Crippen molar-refractivity contribution in [2.75, 3.05) is 33.0 Å². The van der Waals surface area contributed by atoms with Gasteiger partial charge in [-0.2, -0.15) is 0 Å². The van der Waals surface area contributed by atoms with E-state index in [1.165, 1.54) is 4.90 Å². The highest BCUT2D eigenvalue weighted by molar-refractivity contribution is 5.79. The van der Waals surface area contributed by atoms with Crippen LogP contribution in [0.1, 0.15) is 20.3 Å². The van der Waals surface area contributed by atoms with Gasteiger partial charge in [-0.1, -0.05) is 19.9 Å². The highest BCUT2D eigenvalue weighted by Crippen LogP contribution is 2.20. The molecule has 7 nitrogen and oxygen atoms in total. The molecule has 0 aliphatic carbocycles. The monoisotopic (exact) mass is 351 g/mol. The van der Waals surface area contributed by atoms with Crippen molar-refractivity contribution >= 4 is 11.9 Å². The average Bonchev–Trinajstić information content (AvgIpc) is 2.58. The summed E-state index contributed by atoms with van der Waals surface area (Å²) in [7, 11) is 0. The highest BCUT2D eigenvalue weighted by Gasteiger charge is 2.29. The van der Waals surface area contributed by atoms with Crippen molar-refractivity contribution in [2.24, 2.45) is 5.92 Å². The van der Waals surface area contributed by atoms with Gasteiger partial charge in [0, 0.05) is 12.6 Å². The summed E-state index contributed by atoms with van der Waals surface area (Å²) >= 11 is 0. The molecule has 1 aliphatic heterocycles. The van der Waals surface area contributed by atoms with Gasteiger partial charge in [-0.15, -0.1) is 0 Å². The second kappa shape index (κ2) is 9.27. The van der Waals surface area contributed by atoms with Crippen molar-refractivity contribution in [3.05, 3.63) is 24.3 Å². The fraction of sp³-hybridized carbons (Fsp3) is 0.556. The Kier molecular flexibility index (Phi) is 7.06. The van der Waals surface area contributed by atoms with Gasteiger partial charge < -0.3 is 24.2 Å². The summed E-state index contributed by atoms with van der Waals surface area (Å²) in [5.74, 6) is 0.442. The molecule has 0 radical (unpaired) electrons. The van der Waals surface area contributed by atoms with Crippen molar-refractivity contribution in [3.8, 4) is 11.5 Å². The van der Waals surface area contributed by atoms with Crippen LogP contribution in [0.2, 0.25) is 0 Å². The molecule has 1 unspecified atom stereocenters. The molecule has 1 aliphatic rings. The molecule has 0 aromatic heterocycles. The molecule has 1 saturated heterocycles. The van der Waals surface area contributed by atoms with E-state index >= 15 is 0 Å². The molecule has 1 N–H and O–H groups in total. The third-order valence-electron chi connectivity index (χ3n) is 3.71. The zero-order chi connectivity index (χ0) is 18.2. The predicted molar refractivity (Wildman–Crippen MR) is 90.8 cm³/mol. The van der Waals surface area contributed by atoms with E-state index in [0.717, 1.165) is 0 Å². The molecule has 1 fully saturated rings. The number of nitrogens with zero attached hydrogens (tertiary/aromatic N) is 1. The van der Waals surface area contributed by atoms with Crippen molar-refractivity contribution in [2.45, 2.75) is 26.3 Å². The van der Waals surface area contributed by atoms with Gasteiger partial charge in [-0.3, -0.25) is 9.59 Å². The van der Waals surface area contributed by atoms with Gasteiger partial charge in [0.25, 0.3) is 5.91 Å². The minimum Gasteiger partial charge on any atom is -0.493 e. The topological polar surface area (TPSA) is 85.3 Å². The number of morpholine rings is 1. The first-order chi connectivity index (χ1) is 12.0. The van der Waals surface area contributed by atoms with E-state index in [2.05, 4.69) is 13.8 Å². The summed E-state index contributed by atoms with van der Waals surface area (Å²) < 4.78 is 16.5. The quantitative estimate of drug-likeness (QED) is 0.769. The summed E-state index contributed by atoms with van der Waals surface area (Å²) in [6.07, 6.45) is -0.135. The highest BCUT2D eigenvalue weighted by atomic mass is 16.5. The lowest BCUT2D eigenvalue weighted by Gasteiger charge is -2.34. The molecule has 138 valence electrons. The van der Waals surface area contributed by atoms with Crippen LogP contribution in [-0.2, 0) is 14.3 Å². The Balaban J connectivity index is 1.90. The molecule has 7 heteroatoms. The molecule has 1 aromatic rings. The van der Waals surface area contributed by atoms with E-state index in [0.29, 0.717) is 37.2 Å². The normalized spacial score (nSPS) is 17.4. The van der Waals surface area contributed by atoms with Gasteiger partial charge in [0.05, 0.1) is 32.3 Å². The Labute approximate surface area is 147 Å². The van der Waals surface area contributed by atoms with Gasteiger partial charge in [0.1, 0.15) is 11.5 Å². The molecule has 1 amide bonds. The number of carboxylic acids is 1. The van der Waals surface area contributed by atoms with Crippen molar-refractivity contribution < 1.29 is 28.9 Å². The summed E-state index contributed by atoms with van der Waals surface area (Å²) in [5, 5.41) is 8.95. The minimum atomic E-state index is -0.954. The Morgan fingerprint density at radius 3 is 2.72 bits per heavy atom. The summed E-state index contributed by atoms with van der Waals surface area (Å²) in [4.78, 5) is 24.8. The van der Waals surface area contributed by atoms with E-state index in [1.54, 1.807) is 18.2 Å². The number of ether oxygens (including phenoxy) is 3. The summed E-state index contributed by atoms with van der Waals surface area (Å²) in [6.45, 7) is 5.59. The number of carbonyl (C=O) groups excluding carboxylic acids is 1. The second-order valence-electron chi connectivity index (χ2n) is 6.38. The van der Waals surface area contributed by atoms with Crippen LogP contribution in [0.5, 0.6) is 11.5 Å². The Morgan fingerprint density at radius 1 is 1.32 bits per heavy atom. The summed E-state index contributed by atoms with van der Waals surface area (Å²) in [6, 6.07) is 6.68. The average molecular weight is 351 g/mol. The van der Waals surface area contributed by atoms with Crippen LogP contribution < -0.4 is 9.47 Å². The van der Waals surface area contributed by atoms with Crippen LogP contribution >= 0.6 is 0 Å². The predicted octanol–water partition coefficient (Wildman–Crippen LogP) is 1.80. The first-order valence-corrected chi connectivity index (χ1v) is 8.40. The van der Waals surface area contributed by atoms with Crippen LogP contribution in [0.25, 0.3) is 0 Å².